The van der Waals surface area contributed by atoms with Gasteiger partial charge in [0, 0.05) is 52.7 Å². The quantitative estimate of drug-likeness (QED) is 0.654. The second-order valence-electron chi connectivity index (χ2n) is 4.62. The Kier molecular flexibility index (Phi) is 2.67. The van der Waals surface area contributed by atoms with Gasteiger partial charge in [0.1, 0.15) is 0 Å². The molecule has 0 amide bonds. The third kappa shape index (κ3) is 1.66. The average molecular weight is 250 g/mol. The molecule has 3 rings (SSSR count). The van der Waals surface area contributed by atoms with Crippen LogP contribution in [0.4, 0.5) is 0 Å². The summed E-state index contributed by atoms with van der Waals surface area (Å²) in [7, 11) is 2.04. The molecule has 0 aliphatic carbocycles. The number of carbonyl (C=O) groups is 1. The van der Waals surface area contributed by atoms with Gasteiger partial charge in [-0.25, -0.2) is 0 Å². The Hall–Kier alpha value is -2.42. The molecular weight excluding hydrogens is 236 g/mol. The van der Waals surface area contributed by atoms with Crippen LogP contribution in [0, 0.1) is 6.92 Å². The number of aromatic nitrogens is 2. The summed E-state index contributed by atoms with van der Waals surface area (Å²) in [6.07, 6.45) is 4.30. The van der Waals surface area contributed by atoms with E-state index in [0.29, 0.717) is 5.56 Å². The minimum Gasteiger partial charge on any atom is -0.347 e. The van der Waals surface area contributed by atoms with E-state index in [1.165, 1.54) is 0 Å². The van der Waals surface area contributed by atoms with Crippen molar-refractivity contribution in [3.8, 4) is 11.1 Å². The molecular formula is C16H14N2O. The van der Waals surface area contributed by atoms with Crippen LogP contribution in [0.1, 0.15) is 16.1 Å². The number of benzene rings is 1. The minimum atomic E-state index is 0.675. The zero-order valence-electron chi connectivity index (χ0n) is 10.9. The van der Waals surface area contributed by atoms with Gasteiger partial charge < -0.3 is 4.57 Å². The van der Waals surface area contributed by atoms with Gasteiger partial charge in [-0.15, -0.1) is 0 Å². The third-order valence-corrected chi connectivity index (χ3v) is 3.65. The standard InChI is InChI=1S/C16H14N2O/c1-11-16(14-9-17-8-7-12(14)10-19)13-5-3-4-6-15(13)18(11)2/h3-10H,1-2H3. The maximum atomic E-state index is 11.2. The molecule has 0 saturated heterocycles. The molecule has 0 aliphatic rings. The second-order valence-corrected chi connectivity index (χ2v) is 4.62. The van der Waals surface area contributed by atoms with Gasteiger partial charge in [-0.2, -0.15) is 0 Å². The van der Waals surface area contributed by atoms with E-state index in [0.717, 1.165) is 34.0 Å². The van der Waals surface area contributed by atoms with Crippen molar-refractivity contribution in [1.82, 2.24) is 9.55 Å². The minimum absolute atomic E-state index is 0.675. The van der Waals surface area contributed by atoms with Gasteiger partial charge in [-0.05, 0) is 19.1 Å². The second kappa shape index (κ2) is 4.35. The highest BCUT2D eigenvalue weighted by Gasteiger charge is 2.15. The van der Waals surface area contributed by atoms with Crippen molar-refractivity contribution in [2.24, 2.45) is 7.05 Å². The van der Waals surface area contributed by atoms with Crippen molar-refractivity contribution < 1.29 is 4.79 Å². The molecule has 94 valence electrons. The first-order valence-corrected chi connectivity index (χ1v) is 6.17. The highest BCUT2D eigenvalue weighted by Crippen LogP contribution is 2.34. The van der Waals surface area contributed by atoms with Crippen molar-refractivity contribution in [2.75, 3.05) is 0 Å². The van der Waals surface area contributed by atoms with Crippen LogP contribution in [0.15, 0.2) is 42.7 Å². The number of aryl methyl sites for hydroxylation is 1. The van der Waals surface area contributed by atoms with Crippen molar-refractivity contribution >= 4 is 17.2 Å². The van der Waals surface area contributed by atoms with Crippen LogP contribution in [0.3, 0.4) is 0 Å². The van der Waals surface area contributed by atoms with Gasteiger partial charge in [0.05, 0.1) is 0 Å². The summed E-state index contributed by atoms with van der Waals surface area (Å²) in [4.78, 5) is 15.4. The van der Waals surface area contributed by atoms with Crippen LogP contribution in [0.2, 0.25) is 0 Å². The first kappa shape index (κ1) is 11.7. The van der Waals surface area contributed by atoms with Gasteiger partial charge in [0.2, 0.25) is 0 Å². The van der Waals surface area contributed by atoms with E-state index in [1.54, 1.807) is 18.5 Å². The summed E-state index contributed by atoms with van der Waals surface area (Å²) in [5.41, 5.74) is 4.96. The van der Waals surface area contributed by atoms with Crippen LogP contribution in [0.5, 0.6) is 0 Å². The summed E-state index contributed by atoms with van der Waals surface area (Å²) in [6, 6.07) is 9.96. The molecule has 0 radical (unpaired) electrons. The Labute approximate surface area is 111 Å². The molecule has 3 heteroatoms. The smallest absolute Gasteiger partial charge is 0.150 e. The fourth-order valence-electron chi connectivity index (χ4n) is 2.58. The van der Waals surface area contributed by atoms with Gasteiger partial charge in [0.25, 0.3) is 0 Å². The van der Waals surface area contributed by atoms with Gasteiger partial charge >= 0.3 is 0 Å². The molecule has 0 saturated carbocycles. The normalized spacial score (nSPS) is 10.8. The van der Waals surface area contributed by atoms with E-state index in [9.17, 15) is 4.79 Å². The van der Waals surface area contributed by atoms with Gasteiger partial charge in [0.15, 0.2) is 6.29 Å². The maximum absolute atomic E-state index is 11.2. The summed E-state index contributed by atoms with van der Waals surface area (Å²) in [6.45, 7) is 2.07. The molecule has 3 aromatic rings. The Morgan fingerprint density at radius 1 is 1.21 bits per heavy atom. The largest absolute Gasteiger partial charge is 0.347 e. The van der Waals surface area contributed by atoms with Crippen molar-refractivity contribution in [1.29, 1.82) is 0 Å². The summed E-state index contributed by atoms with van der Waals surface area (Å²) >= 11 is 0. The predicted molar refractivity (Wildman–Crippen MR) is 76.3 cm³/mol. The number of hydrogen-bond donors (Lipinski definition) is 0. The number of nitrogens with zero attached hydrogens (tertiary/aromatic N) is 2. The van der Waals surface area contributed by atoms with Crippen LogP contribution >= 0.6 is 0 Å². The molecule has 3 nitrogen and oxygen atoms in total. The first-order chi connectivity index (χ1) is 9.24. The fraction of sp³-hybridized carbons (Fsp3) is 0.125. The highest BCUT2D eigenvalue weighted by molar-refractivity contribution is 6.01. The molecule has 2 aromatic heterocycles. The lowest BCUT2D eigenvalue weighted by Crippen LogP contribution is -1.93. The number of para-hydroxylation sites is 1. The zero-order chi connectivity index (χ0) is 13.4. The van der Waals surface area contributed by atoms with Crippen molar-refractivity contribution in [3.05, 3.63) is 54.0 Å². The lowest BCUT2D eigenvalue weighted by atomic mass is 10.00. The first-order valence-electron chi connectivity index (χ1n) is 6.17. The van der Waals surface area contributed by atoms with E-state index in [1.807, 2.05) is 19.2 Å². The molecule has 19 heavy (non-hydrogen) atoms. The third-order valence-electron chi connectivity index (χ3n) is 3.65. The number of carbonyl (C=O) groups excluding carboxylic acids is 1. The molecule has 1 aromatic carbocycles. The van der Waals surface area contributed by atoms with Crippen molar-refractivity contribution in [3.63, 3.8) is 0 Å². The fourth-order valence-corrected chi connectivity index (χ4v) is 2.58. The molecule has 0 N–H and O–H groups in total. The average Bonchev–Trinajstić information content (AvgIpc) is 2.71. The number of rotatable bonds is 2. The summed E-state index contributed by atoms with van der Waals surface area (Å²) in [5.74, 6) is 0. The number of hydrogen-bond acceptors (Lipinski definition) is 2. The Bertz CT molecular complexity index is 772. The maximum Gasteiger partial charge on any atom is 0.150 e. The molecule has 0 aliphatic heterocycles. The Morgan fingerprint density at radius 3 is 2.79 bits per heavy atom. The SMILES string of the molecule is Cc1c(-c2cnccc2C=O)c2ccccc2n1C. The van der Waals surface area contributed by atoms with E-state index < -0.39 is 0 Å². The number of aldehydes is 1. The lowest BCUT2D eigenvalue weighted by molar-refractivity contribution is 0.112. The van der Waals surface area contributed by atoms with Gasteiger partial charge in [-0.3, -0.25) is 9.78 Å². The Morgan fingerprint density at radius 2 is 2.00 bits per heavy atom. The van der Waals surface area contributed by atoms with E-state index in [-0.39, 0.29) is 0 Å². The molecule has 0 bridgehead atoms. The molecule has 2 heterocycles. The summed E-state index contributed by atoms with van der Waals surface area (Å²) < 4.78 is 2.15. The monoisotopic (exact) mass is 250 g/mol. The molecule has 0 unspecified atom stereocenters. The van der Waals surface area contributed by atoms with Crippen LogP contribution in [-0.4, -0.2) is 15.8 Å². The molecule has 0 fully saturated rings. The van der Waals surface area contributed by atoms with Gasteiger partial charge in [-0.1, -0.05) is 18.2 Å². The summed E-state index contributed by atoms with van der Waals surface area (Å²) in [5, 5.41) is 1.15. The number of pyridine rings is 1. The zero-order valence-corrected chi connectivity index (χ0v) is 10.9. The predicted octanol–water partition coefficient (Wildman–Crippen LogP) is 3.36. The lowest BCUT2D eigenvalue weighted by Gasteiger charge is -2.05. The topological polar surface area (TPSA) is 34.9 Å². The van der Waals surface area contributed by atoms with Crippen LogP contribution in [-0.2, 0) is 7.05 Å². The van der Waals surface area contributed by atoms with E-state index in [2.05, 4.69) is 28.6 Å². The molecule has 0 atom stereocenters. The van der Waals surface area contributed by atoms with E-state index >= 15 is 0 Å². The van der Waals surface area contributed by atoms with Crippen molar-refractivity contribution in [2.45, 2.75) is 6.92 Å². The van der Waals surface area contributed by atoms with Crippen LogP contribution < -0.4 is 0 Å². The van der Waals surface area contributed by atoms with Crippen LogP contribution in [0.25, 0.3) is 22.0 Å². The molecule has 0 spiro atoms. The Balaban J connectivity index is 2.43. The van der Waals surface area contributed by atoms with E-state index in [4.69, 9.17) is 0 Å². The highest BCUT2D eigenvalue weighted by atomic mass is 16.1. The number of fused-ring (bicyclic) bond motifs is 1.